The molecule has 0 spiro atoms. The van der Waals surface area contributed by atoms with Gasteiger partial charge in [-0.3, -0.25) is 9.59 Å². The van der Waals surface area contributed by atoms with E-state index < -0.39 is 11.9 Å². The topological polar surface area (TPSA) is 161 Å². The zero-order chi connectivity index (χ0) is 27.1. The van der Waals surface area contributed by atoms with Crippen LogP contribution < -0.4 is 21.7 Å². The van der Waals surface area contributed by atoms with Crippen LogP contribution in [0.5, 0.6) is 0 Å². The molecule has 1 aliphatic rings. The Morgan fingerprint density at radius 3 is 2.45 bits per heavy atom. The van der Waals surface area contributed by atoms with Crippen LogP contribution in [0.15, 0.2) is 67.3 Å². The largest absolute Gasteiger partial charge is 0.457 e. The van der Waals surface area contributed by atoms with E-state index in [1.165, 1.54) is 6.08 Å². The van der Waals surface area contributed by atoms with E-state index in [0.717, 1.165) is 18.4 Å². The molecular formula is C27H29N7O4. The van der Waals surface area contributed by atoms with Crippen LogP contribution in [-0.4, -0.2) is 45.0 Å². The lowest BCUT2D eigenvalue weighted by atomic mass is 10.0. The molecule has 0 aliphatic heterocycles. The van der Waals surface area contributed by atoms with Crippen molar-refractivity contribution in [2.24, 2.45) is 11.7 Å². The van der Waals surface area contributed by atoms with Crippen LogP contribution >= 0.6 is 0 Å². The Morgan fingerprint density at radius 2 is 1.76 bits per heavy atom. The zero-order valence-electron chi connectivity index (χ0n) is 20.9. The number of carbonyl (C=O) groups excluding carboxylic acids is 3. The summed E-state index contributed by atoms with van der Waals surface area (Å²) in [7, 11) is 0. The lowest BCUT2D eigenvalue weighted by molar-refractivity contribution is -0.117. The first-order chi connectivity index (χ1) is 18.3. The van der Waals surface area contributed by atoms with Gasteiger partial charge in [-0.15, -0.1) is 10.2 Å². The second kappa shape index (κ2) is 12.0. The van der Waals surface area contributed by atoms with Crippen LogP contribution in [0.1, 0.15) is 46.2 Å². The fourth-order valence-electron chi connectivity index (χ4n) is 4.25. The maximum absolute atomic E-state index is 12.4. The van der Waals surface area contributed by atoms with Crippen LogP contribution in [0.25, 0.3) is 0 Å². The third kappa shape index (κ3) is 6.49. The molecule has 1 aromatic heterocycles. The number of nitrogens with zero attached hydrogens (tertiary/aromatic N) is 3. The van der Waals surface area contributed by atoms with Crippen LogP contribution in [0.2, 0.25) is 0 Å². The van der Waals surface area contributed by atoms with Crippen molar-refractivity contribution in [1.29, 1.82) is 0 Å². The van der Waals surface area contributed by atoms with Crippen molar-refractivity contribution in [3.63, 3.8) is 0 Å². The van der Waals surface area contributed by atoms with Crippen LogP contribution in [0, 0.1) is 5.92 Å². The first kappa shape index (κ1) is 26.3. The molecule has 2 amide bonds. The minimum atomic E-state index is -0.790. The molecule has 1 fully saturated rings. The van der Waals surface area contributed by atoms with Crippen LogP contribution in [0.4, 0.5) is 17.5 Å². The highest BCUT2D eigenvalue weighted by Crippen LogP contribution is 2.28. The fraction of sp³-hybridized carbons (Fsp3) is 0.259. The van der Waals surface area contributed by atoms with E-state index in [4.69, 9.17) is 10.5 Å². The van der Waals surface area contributed by atoms with Gasteiger partial charge in [0.25, 0.3) is 5.91 Å². The number of carbonyl (C=O) groups is 3. The molecule has 0 radical (unpaired) electrons. The number of rotatable bonds is 10. The number of nitrogens with two attached hydrogens (primary N) is 1. The molecule has 3 aromatic rings. The first-order valence-electron chi connectivity index (χ1n) is 12.2. The molecule has 0 saturated heterocycles. The van der Waals surface area contributed by atoms with Crippen molar-refractivity contribution in [3.05, 3.63) is 84.1 Å². The van der Waals surface area contributed by atoms with Gasteiger partial charge >= 0.3 is 5.97 Å². The molecule has 1 heterocycles. The van der Waals surface area contributed by atoms with Gasteiger partial charge in [-0.25, -0.2) is 4.79 Å². The van der Waals surface area contributed by atoms with Gasteiger partial charge in [-0.05, 0) is 54.7 Å². The number of hydrogen-bond acceptors (Lipinski definition) is 9. The van der Waals surface area contributed by atoms with Gasteiger partial charge in [0.05, 0.1) is 5.56 Å². The quantitative estimate of drug-likeness (QED) is 0.235. The van der Waals surface area contributed by atoms with Gasteiger partial charge in [0.1, 0.15) is 6.61 Å². The van der Waals surface area contributed by atoms with Crippen LogP contribution in [-0.2, 0) is 16.1 Å². The first-order valence-corrected chi connectivity index (χ1v) is 12.2. The Balaban J connectivity index is 1.42. The Kier molecular flexibility index (Phi) is 8.27. The third-order valence-corrected chi connectivity index (χ3v) is 6.40. The number of nitrogens with one attached hydrogen (secondary N) is 3. The lowest BCUT2D eigenvalue weighted by Gasteiger charge is -2.22. The highest BCUT2D eigenvalue weighted by molar-refractivity contribution is 5.96. The summed E-state index contributed by atoms with van der Waals surface area (Å²) in [6.45, 7) is 5.69. The summed E-state index contributed by atoms with van der Waals surface area (Å²) in [5.74, 6) is -1.02. The summed E-state index contributed by atoms with van der Waals surface area (Å²) in [5.41, 5.74) is 7.17. The van der Waals surface area contributed by atoms with Crippen molar-refractivity contribution >= 4 is 35.2 Å². The summed E-state index contributed by atoms with van der Waals surface area (Å²) in [6, 6.07) is 15.9. The Labute approximate surface area is 219 Å². The number of benzene rings is 2. The fourth-order valence-corrected chi connectivity index (χ4v) is 4.25. The molecular weight excluding hydrogens is 486 g/mol. The second-order valence-corrected chi connectivity index (χ2v) is 8.97. The van der Waals surface area contributed by atoms with E-state index in [1.54, 1.807) is 24.3 Å². The summed E-state index contributed by atoms with van der Waals surface area (Å²) in [6.07, 6.45) is 2.83. The molecule has 1 saturated carbocycles. The maximum Gasteiger partial charge on any atom is 0.338 e. The molecule has 3 atom stereocenters. The maximum atomic E-state index is 12.4. The monoisotopic (exact) mass is 515 g/mol. The molecule has 38 heavy (non-hydrogen) atoms. The summed E-state index contributed by atoms with van der Waals surface area (Å²) < 4.78 is 5.36. The summed E-state index contributed by atoms with van der Waals surface area (Å²) >= 11 is 0. The van der Waals surface area contributed by atoms with Gasteiger partial charge < -0.3 is 26.4 Å². The number of amides is 2. The van der Waals surface area contributed by atoms with E-state index in [9.17, 15) is 14.4 Å². The molecule has 1 aliphatic carbocycles. The third-order valence-electron chi connectivity index (χ3n) is 6.40. The van der Waals surface area contributed by atoms with E-state index in [-0.39, 0.29) is 48.0 Å². The van der Waals surface area contributed by atoms with Crippen molar-refractivity contribution in [1.82, 2.24) is 20.5 Å². The predicted molar refractivity (Wildman–Crippen MR) is 142 cm³/mol. The van der Waals surface area contributed by atoms with Gasteiger partial charge in [0.15, 0.2) is 11.5 Å². The number of anilines is 3. The Morgan fingerprint density at radius 1 is 1.05 bits per heavy atom. The molecule has 5 N–H and O–H groups in total. The number of primary amides is 1. The lowest BCUT2D eigenvalue weighted by Crippen LogP contribution is -2.39. The van der Waals surface area contributed by atoms with Gasteiger partial charge in [0.2, 0.25) is 11.9 Å². The molecule has 0 bridgehead atoms. The number of ether oxygens (including phenoxy) is 1. The van der Waals surface area contributed by atoms with E-state index in [0.29, 0.717) is 11.3 Å². The molecule has 11 heteroatoms. The average molecular weight is 516 g/mol. The zero-order valence-corrected chi connectivity index (χ0v) is 20.9. The van der Waals surface area contributed by atoms with E-state index in [2.05, 4.69) is 37.7 Å². The smallest absolute Gasteiger partial charge is 0.338 e. The normalized spacial score (nSPS) is 18.3. The highest BCUT2D eigenvalue weighted by atomic mass is 16.5. The second-order valence-electron chi connectivity index (χ2n) is 8.97. The summed E-state index contributed by atoms with van der Waals surface area (Å²) in [4.78, 5) is 40.4. The minimum absolute atomic E-state index is 0.00801. The van der Waals surface area contributed by atoms with Gasteiger partial charge in [0, 0.05) is 17.8 Å². The Hall–Kier alpha value is -4.80. The van der Waals surface area contributed by atoms with Crippen LogP contribution in [0.3, 0.4) is 0 Å². The molecule has 2 aromatic carbocycles. The molecule has 196 valence electrons. The average Bonchev–Trinajstić information content (AvgIpc) is 3.26. The number of hydrogen-bond donors (Lipinski definition) is 4. The molecule has 1 unspecified atom stereocenters. The minimum Gasteiger partial charge on any atom is -0.457 e. The molecule has 4 rings (SSSR count). The van der Waals surface area contributed by atoms with Crippen molar-refractivity contribution in [2.75, 3.05) is 10.6 Å². The van der Waals surface area contributed by atoms with Gasteiger partial charge in [-0.2, -0.15) is 4.98 Å². The predicted octanol–water partition coefficient (Wildman–Crippen LogP) is 2.95. The SMILES string of the molecule is C=CC(=O)NC1CC[C@@H](Nc2nnc(C(N)=O)c(Nc3ccc(C(=O)OCc4ccccc4)cc3)n2)[C@H]1C. The molecule has 11 nitrogen and oxygen atoms in total. The Bertz CT molecular complexity index is 1310. The van der Waals surface area contributed by atoms with E-state index in [1.807, 2.05) is 37.3 Å². The number of aromatic nitrogens is 3. The van der Waals surface area contributed by atoms with Crippen molar-refractivity contribution < 1.29 is 19.1 Å². The summed E-state index contributed by atoms with van der Waals surface area (Å²) in [5, 5.41) is 17.2. The standard InChI is InChI=1S/C27H29N7O4/c1-3-22(35)30-20-13-14-21(16(20)2)31-27-32-25(23(24(28)36)33-34-27)29-19-11-9-18(10-12-19)26(37)38-15-17-7-5-4-6-8-17/h3-12,16,20-21H,1,13-15H2,2H3,(H2,28,36)(H,30,35)(H2,29,31,32,34)/t16-,20?,21+/m0/s1. The van der Waals surface area contributed by atoms with Gasteiger partial charge in [-0.1, -0.05) is 43.8 Å². The number of esters is 1. The van der Waals surface area contributed by atoms with E-state index >= 15 is 0 Å². The highest BCUT2D eigenvalue weighted by Gasteiger charge is 2.34. The van der Waals surface area contributed by atoms with Crippen molar-refractivity contribution in [2.45, 2.75) is 38.5 Å². The van der Waals surface area contributed by atoms with Crippen molar-refractivity contribution in [3.8, 4) is 0 Å².